The first-order valence-electron chi connectivity index (χ1n) is 8.34. The van der Waals surface area contributed by atoms with Crippen molar-refractivity contribution in [3.8, 4) is 0 Å². The molecule has 0 spiro atoms. The van der Waals surface area contributed by atoms with E-state index in [-0.39, 0.29) is 0 Å². The molecule has 1 N–H and O–H groups in total. The normalized spacial score (nSPS) is 11.2. The van der Waals surface area contributed by atoms with Gasteiger partial charge >= 0.3 is 0 Å². The minimum Gasteiger partial charge on any atom is -0.356 e. The maximum atomic E-state index is 4.67. The van der Waals surface area contributed by atoms with E-state index in [1.165, 1.54) is 12.8 Å². The van der Waals surface area contributed by atoms with E-state index in [0.29, 0.717) is 11.8 Å². The lowest BCUT2D eigenvalue weighted by atomic mass is 10.1. The van der Waals surface area contributed by atoms with Crippen LogP contribution in [0.15, 0.2) is 12.3 Å². The Morgan fingerprint density at radius 3 is 2.24 bits per heavy atom. The zero-order valence-corrected chi connectivity index (χ0v) is 14.4. The van der Waals surface area contributed by atoms with Crippen molar-refractivity contribution in [2.75, 3.05) is 29.9 Å². The lowest BCUT2D eigenvalue weighted by molar-refractivity contribution is 0.533. The van der Waals surface area contributed by atoms with E-state index >= 15 is 0 Å². The summed E-state index contributed by atoms with van der Waals surface area (Å²) >= 11 is 0. The third-order valence-electron chi connectivity index (χ3n) is 3.45. The van der Waals surface area contributed by atoms with Gasteiger partial charge in [0.1, 0.15) is 5.82 Å². The zero-order chi connectivity index (χ0) is 15.7. The standard InChI is InChI=1S/C17H32N4/c1-6-10-18-17-19-11-7-16(20-17)21(12-8-14(2)3)13-9-15(4)5/h7,11,14-15H,6,8-10,12-13H2,1-5H3,(H,18,19,20). The monoisotopic (exact) mass is 292 g/mol. The van der Waals surface area contributed by atoms with Crippen LogP contribution in [-0.4, -0.2) is 29.6 Å². The van der Waals surface area contributed by atoms with Gasteiger partial charge in [0.15, 0.2) is 0 Å². The van der Waals surface area contributed by atoms with Crippen molar-refractivity contribution in [2.45, 2.75) is 53.9 Å². The first-order valence-corrected chi connectivity index (χ1v) is 8.34. The number of hydrogen-bond donors (Lipinski definition) is 1. The van der Waals surface area contributed by atoms with Crippen LogP contribution in [0.2, 0.25) is 0 Å². The molecule has 0 fully saturated rings. The van der Waals surface area contributed by atoms with Gasteiger partial charge in [0.2, 0.25) is 5.95 Å². The highest BCUT2D eigenvalue weighted by Gasteiger charge is 2.11. The highest BCUT2D eigenvalue weighted by Crippen LogP contribution is 2.16. The van der Waals surface area contributed by atoms with Gasteiger partial charge in [-0.2, -0.15) is 4.98 Å². The summed E-state index contributed by atoms with van der Waals surface area (Å²) in [7, 11) is 0. The molecule has 0 atom stereocenters. The second kappa shape index (κ2) is 9.59. The average Bonchev–Trinajstić information content (AvgIpc) is 2.45. The van der Waals surface area contributed by atoms with E-state index in [9.17, 15) is 0 Å². The smallest absolute Gasteiger partial charge is 0.224 e. The summed E-state index contributed by atoms with van der Waals surface area (Å²) in [6.45, 7) is 14.3. The highest BCUT2D eigenvalue weighted by atomic mass is 15.2. The number of hydrogen-bond acceptors (Lipinski definition) is 4. The maximum Gasteiger partial charge on any atom is 0.224 e. The van der Waals surface area contributed by atoms with Crippen LogP contribution in [0.1, 0.15) is 53.9 Å². The predicted octanol–water partition coefficient (Wildman–Crippen LogP) is 4.20. The largest absolute Gasteiger partial charge is 0.356 e. The summed E-state index contributed by atoms with van der Waals surface area (Å²) in [4.78, 5) is 11.4. The Balaban J connectivity index is 2.74. The van der Waals surface area contributed by atoms with Gasteiger partial charge in [0.05, 0.1) is 0 Å². The molecular weight excluding hydrogens is 260 g/mol. The van der Waals surface area contributed by atoms with Crippen LogP contribution >= 0.6 is 0 Å². The van der Waals surface area contributed by atoms with E-state index in [1.807, 2.05) is 12.3 Å². The molecule has 0 saturated heterocycles. The Bertz CT molecular complexity index is 378. The zero-order valence-electron chi connectivity index (χ0n) is 14.4. The molecule has 1 aromatic rings. The average molecular weight is 292 g/mol. The SMILES string of the molecule is CCCNc1nccc(N(CCC(C)C)CCC(C)C)n1. The van der Waals surface area contributed by atoms with Gasteiger partial charge in [-0.1, -0.05) is 34.6 Å². The molecule has 120 valence electrons. The van der Waals surface area contributed by atoms with Gasteiger partial charge in [-0.15, -0.1) is 0 Å². The van der Waals surface area contributed by atoms with Gasteiger partial charge in [-0.3, -0.25) is 0 Å². The molecule has 21 heavy (non-hydrogen) atoms. The molecule has 0 aliphatic carbocycles. The van der Waals surface area contributed by atoms with Gasteiger partial charge in [-0.25, -0.2) is 4.98 Å². The van der Waals surface area contributed by atoms with Gasteiger partial charge in [0.25, 0.3) is 0 Å². The molecular formula is C17H32N4. The summed E-state index contributed by atoms with van der Waals surface area (Å²) in [6, 6.07) is 2.03. The van der Waals surface area contributed by atoms with Crippen molar-refractivity contribution in [1.82, 2.24) is 9.97 Å². The second-order valence-corrected chi connectivity index (χ2v) is 6.52. The van der Waals surface area contributed by atoms with Crippen molar-refractivity contribution in [3.05, 3.63) is 12.3 Å². The highest BCUT2D eigenvalue weighted by molar-refractivity contribution is 5.42. The van der Waals surface area contributed by atoms with Crippen LogP contribution in [0.3, 0.4) is 0 Å². The summed E-state index contributed by atoms with van der Waals surface area (Å²) in [5, 5.41) is 3.27. The first-order chi connectivity index (χ1) is 10.0. The van der Waals surface area contributed by atoms with E-state index in [4.69, 9.17) is 0 Å². The fraction of sp³-hybridized carbons (Fsp3) is 0.765. The fourth-order valence-electron chi connectivity index (χ4n) is 2.02. The molecule has 0 saturated carbocycles. The van der Waals surface area contributed by atoms with Gasteiger partial charge in [0, 0.05) is 25.8 Å². The Labute approximate surface area is 130 Å². The third-order valence-corrected chi connectivity index (χ3v) is 3.45. The molecule has 0 bridgehead atoms. The van der Waals surface area contributed by atoms with Crippen LogP contribution in [0.5, 0.6) is 0 Å². The fourth-order valence-corrected chi connectivity index (χ4v) is 2.02. The molecule has 0 aliphatic rings. The minimum atomic E-state index is 0.714. The molecule has 0 aromatic carbocycles. The van der Waals surface area contributed by atoms with Crippen molar-refractivity contribution in [1.29, 1.82) is 0 Å². The van der Waals surface area contributed by atoms with Crippen molar-refractivity contribution >= 4 is 11.8 Å². The number of nitrogens with one attached hydrogen (secondary N) is 1. The molecule has 4 heteroatoms. The van der Waals surface area contributed by atoms with Crippen LogP contribution < -0.4 is 10.2 Å². The second-order valence-electron chi connectivity index (χ2n) is 6.52. The molecule has 4 nitrogen and oxygen atoms in total. The number of aromatic nitrogens is 2. The molecule has 0 radical (unpaired) electrons. The van der Waals surface area contributed by atoms with Crippen molar-refractivity contribution in [2.24, 2.45) is 11.8 Å². The van der Waals surface area contributed by atoms with Crippen molar-refractivity contribution in [3.63, 3.8) is 0 Å². The van der Waals surface area contributed by atoms with Crippen LogP contribution in [0, 0.1) is 11.8 Å². The Kier molecular flexibility index (Phi) is 8.09. The van der Waals surface area contributed by atoms with E-state index < -0.39 is 0 Å². The van der Waals surface area contributed by atoms with Gasteiger partial charge < -0.3 is 10.2 Å². The van der Waals surface area contributed by atoms with Crippen LogP contribution in [-0.2, 0) is 0 Å². The summed E-state index contributed by atoms with van der Waals surface area (Å²) in [5.74, 6) is 3.22. The summed E-state index contributed by atoms with van der Waals surface area (Å²) in [5.41, 5.74) is 0. The number of rotatable bonds is 10. The van der Waals surface area contributed by atoms with E-state index in [2.05, 4.69) is 54.8 Å². The minimum absolute atomic E-state index is 0.714. The molecule has 1 rings (SSSR count). The Morgan fingerprint density at radius 2 is 1.71 bits per heavy atom. The quantitative estimate of drug-likeness (QED) is 0.702. The van der Waals surface area contributed by atoms with Crippen LogP contribution in [0.4, 0.5) is 11.8 Å². The number of nitrogens with zero attached hydrogens (tertiary/aromatic N) is 3. The third kappa shape index (κ3) is 7.30. The molecule has 1 aromatic heterocycles. The Morgan fingerprint density at radius 1 is 1.10 bits per heavy atom. The molecule has 1 heterocycles. The lowest BCUT2D eigenvalue weighted by Gasteiger charge is -2.25. The summed E-state index contributed by atoms with van der Waals surface area (Å²) in [6.07, 6.45) is 5.33. The Hall–Kier alpha value is -1.32. The first kappa shape index (κ1) is 17.7. The van der Waals surface area contributed by atoms with Crippen molar-refractivity contribution < 1.29 is 0 Å². The predicted molar refractivity (Wildman–Crippen MR) is 91.9 cm³/mol. The van der Waals surface area contributed by atoms with E-state index in [1.54, 1.807) is 0 Å². The molecule has 0 amide bonds. The van der Waals surface area contributed by atoms with E-state index in [0.717, 1.165) is 37.8 Å². The molecule has 0 unspecified atom stereocenters. The molecule has 0 aliphatic heterocycles. The van der Waals surface area contributed by atoms with Crippen LogP contribution in [0.25, 0.3) is 0 Å². The maximum absolute atomic E-state index is 4.67. The number of anilines is 2. The topological polar surface area (TPSA) is 41.1 Å². The lowest BCUT2D eigenvalue weighted by Crippen LogP contribution is -2.28. The summed E-state index contributed by atoms with van der Waals surface area (Å²) < 4.78 is 0. The van der Waals surface area contributed by atoms with Gasteiger partial charge in [-0.05, 0) is 37.2 Å².